The van der Waals surface area contributed by atoms with E-state index in [1.165, 1.54) is 0 Å². The second-order valence-corrected chi connectivity index (χ2v) is 7.69. The molecule has 1 aromatic heterocycles. The van der Waals surface area contributed by atoms with Crippen molar-refractivity contribution in [1.29, 1.82) is 0 Å². The number of rotatable bonds is 6. The van der Waals surface area contributed by atoms with Gasteiger partial charge in [0.15, 0.2) is 0 Å². The third kappa shape index (κ3) is 3.66. The smallest absolute Gasteiger partial charge is 0.214 e. The van der Waals surface area contributed by atoms with E-state index >= 15 is 0 Å². The first-order valence-electron chi connectivity index (χ1n) is 6.09. The van der Waals surface area contributed by atoms with Crippen LogP contribution in [0.1, 0.15) is 30.0 Å². The van der Waals surface area contributed by atoms with Crippen LogP contribution >= 0.6 is 22.9 Å². The quantitative estimate of drug-likeness (QED) is 0.598. The Balaban J connectivity index is 1.70. The molecule has 0 bridgehead atoms. The van der Waals surface area contributed by atoms with Gasteiger partial charge in [0.2, 0.25) is 10.0 Å². The molecule has 1 aliphatic heterocycles. The molecule has 1 fully saturated rings. The van der Waals surface area contributed by atoms with E-state index in [4.69, 9.17) is 11.6 Å². The average Bonchev–Trinajstić information content (AvgIpc) is 2.91. The third-order valence-corrected chi connectivity index (χ3v) is 6.18. The Hall–Kier alpha value is -0.170. The molecular formula is C11H17ClN2O2S2. The summed E-state index contributed by atoms with van der Waals surface area (Å²) in [5.41, 5.74) is 0.929. The highest BCUT2D eigenvalue weighted by Crippen LogP contribution is 2.16. The monoisotopic (exact) mass is 308 g/mol. The number of hydrogen-bond acceptors (Lipinski definition) is 4. The average molecular weight is 309 g/mol. The molecule has 0 atom stereocenters. The maximum absolute atomic E-state index is 11.6. The number of unbranched alkanes of at least 4 members (excludes halogenated alkanes) is 1. The van der Waals surface area contributed by atoms with Crippen molar-refractivity contribution in [3.63, 3.8) is 0 Å². The van der Waals surface area contributed by atoms with Crippen LogP contribution in [0, 0.1) is 0 Å². The Morgan fingerprint density at radius 3 is 2.89 bits per heavy atom. The van der Waals surface area contributed by atoms with Crippen LogP contribution in [-0.2, 0) is 22.3 Å². The molecule has 0 aliphatic carbocycles. The molecule has 102 valence electrons. The molecule has 1 aliphatic rings. The highest BCUT2D eigenvalue weighted by molar-refractivity contribution is 7.89. The van der Waals surface area contributed by atoms with Crippen LogP contribution in [0.3, 0.4) is 0 Å². The minimum Gasteiger partial charge on any atom is -0.245 e. The Labute approximate surface area is 117 Å². The molecule has 2 heterocycles. The normalized spacial score (nSPS) is 19.4. The van der Waals surface area contributed by atoms with Gasteiger partial charge in [-0.05, 0) is 25.7 Å². The molecule has 1 aromatic rings. The van der Waals surface area contributed by atoms with Gasteiger partial charge in [0, 0.05) is 18.5 Å². The topological polar surface area (TPSA) is 50.3 Å². The Kier molecular flexibility index (Phi) is 5.00. The zero-order valence-electron chi connectivity index (χ0n) is 10.1. The number of sulfonamides is 1. The molecule has 0 saturated carbocycles. The molecule has 0 N–H and O–H groups in total. The van der Waals surface area contributed by atoms with E-state index in [1.807, 2.05) is 5.38 Å². The molecule has 4 nitrogen and oxygen atoms in total. The fraction of sp³-hybridized carbons (Fsp3) is 0.727. The molecule has 1 saturated heterocycles. The molecule has 7 heteroatoms. The number of thiazole rings is 1. The molecule has 0 radical (unpaired) electrons. The minimum atomic E-state index is -2.93. The van der Waals surface area contributed by atoms with Crippen LogP contribution in [-0.4, -0.2) is 36.5 Å². The van der Waals surface area contributed by atoms with Crippen molar-refractivity contribution < 1.29 is 8.42 Å². The summed E-state index contributed by atoms with van der Waals surface area (Å²) < 4.78 is 24.7. The minimum absolute atomic E-state index is 0.318. The van der Waals surface area contributed by atoms with Gasteiger partial charge in [-0.1, -0.05) is 0 Å². The first-order valence-corrected chi connectivity index (χ1v) is 9.11. The zero-order valence-corrected chi connectivity index (χ0v) is 12.5. The number of aryl methyl sites for hydroxylation is 1. The first-order chi connectivity index (χ1) is 8.62. The number of halogens is 1. The predicted molar refractivity (Wildman–Crippen MR) is 74.6 cm³/mol. The first kappa shape index (κ1) is 14.2. The summed E-state index contributed by atoms with van der Waals surface area (Å²) in [4.78, 5) is 4.38. The van der Waals surface area contributed by atoms with Gasteiger partial charge in [0.25, 0.3) is 0 Å². The number of aromatic nitrogens is 1. The van der Waals surface area contributed by atoms with Crippen molar-refractivity contribution in [2.45, 2.75) is 31.6 Å². The molecule has 18 heavy (non-hydrogen) atoms. The number of nitrogens with zero attached hydrogens (tertiary/aromatic N) is 2. The Bertz CT molecular complexity index is 487. The largest absolute Gasteiger partial charge is 0.245 e. The third-order valence-electron chi connectivity index (χ3n) is 2.99. The molecule has 2 rings (SSSR count). The van der Waals surface area contributed by atoms with Gasteiger partial charge in [0.1, 0.15) is 0 Å². The van der Waals surface area contributed by atoms with Crippen molar-refractivity contribution in [3.05, 3.63) is 16.1 Å². The van der Waals surface area contributed by atoms with Crippen LogP contribution in [0.4, 0.5) is 0 Å². The molecule has 0 amide bonds. The molecule has 0 unspecified atom stereocenters. The van der Waals surface area contributed by atoms with Gasteiger partial charge < -0.3 is 0 Å². The summed E-state index contributed by atoms with van der Waals surface area (Å²) >= 11 is 7.32. The summed E-state index contributed by atoms with van der Waals surface area (Å²) in [5, 5.41) is 3.07. The van der Waals surface area contributed by atoms with Gasteiger partial charge in [-0.3, -0.25) is 0 Å². The van der Waals surface area contributed by atoms with Gasteiger partial charge in [-0.2, -0.15) is 0 Å². The zero-order chi connectivity index (χ0) is 13.0. The molecular weight excluding hydrogens is 292 g/mol. The lowest BCUT2D eigenvalue weighted by molar-refractivity contribution is 0.430. The van der Waals surface area contributed by atoms with Gasteiger partial charge in [-0.15, -0.1) is 22.9 Å². The molecule has 0 spiro atoms. The highest BCUT2D eigenvalue weighted by atomic mass is 35.5. The summed E-state index contributed by atoms with van der Waals surface area (Å²) in [6.45, 7) is 1.34. The van der Waals surface area contributed by atoms with Crippen LogP contribution in [0.25, 0.3) is 0 Å². The van der Waals surface area contributed by atoms with E-state index in [0.29, 0.717) is 24.7 Å². The number of hydrogen-bond donors (Lipinski definition) is 0. The standard InChI is InChI=1S/C11H17ClN2O2S2/c12-8-10-9-17-11(13-10)4-1-2-5-14-6-3-7-18(14,15)16/h9H,1-8H2. The second kappa shape index (κ2) is 6.32. The van der Waals surface area contributed by atoms with Crippen molar-refractivity contribution in [2.75, 3.05) is 18.8 Å². The summed E-state index contributed by atoms with van der Waals surface area (Å²) in [5.74, 6) is 0.779. The van der Waals surface area contributed by atoms with E-state index in [1.54, 1.807) is 15.6 Å². The lowest BCUT2D eigenvalue weighted by Gasteiger charge is -2.13. The summed E-state index contributed by atoms with van der Waals surface area (Å²) in [7, 11) is -2.93. The van der Waals surface area contributed by atoms with Crippen LogP contribution in [0.5, 0.6) is 0 Å². The Morgan fingerprint density at radius 1 is 1.44 bits per heavy atom. The summed E-state index contributed by atoms with van der Waals surface area (Å²) in [6.07, 6.45) is 3.56. The summed E-state index contributed by atoms with van der Waals surface area (Å²) in [6, 6.07) is 0. The maximum Gasteiger partial charge on any atom is 0.214 e. The fourth-order valence-electron chi connectivity index (χ4n) is 2.03. The SMILES string of the molecule is O=S1(=O)CCCN1CCCCc1nc(CCl)cs1. The van der Waals surface area contributed by atoms with Gasteiger partial charge >= 0.3 is 0 Å². The van der Waals surface area contributed by atoms with Gasteiger partial charge in [0.05, 0.1) is 22.3 Å². The maximum atomic E-state index is 11.6. The second-order valence-electron chi connectivity index (χ2n) is 4.39. The highest BCUT2D eigenvalue weighted by Gasteiger charge is 2.27. The number of alkyl halides is 1. The van der Waals surface area contributed by atoms with E-state index < -0.39 is 10.0 Å². The van der Waals surface area contributed by atoms with E-state index in [0.717, 1.165) is 36.4 Å². The fourth-order valence-corrected chi connectivity index (χ4v) is 4.67. The Morgan fingerprint density at radius 2 is 2.28 bits per heavy atom. The van der Waals surface area contributed by atoms with E-state index in [9.17, 15) is 8.42 Å². The van der Waals surface area contributed by atoms with Crippen molar-refractivity contribution in [2.24, 2.45) is 0 Å². The lowest BCUT2D eigenvalue weighted by Crippen LogP contribution is -2.26. The van der Waals surface area contributed by atoms with Crippen LogP contribution < -0.4 is 0 Å². The van der Waals surface area contributed by atoms with Crippen molar-refractivity contribution >= 4 is 33.0 Å². The van der Waals surface area contributed by atoms with E-state index in [-0.39, 0.29) is 0 Å². The van der Waals surface area contributed by atoms with Gasteiger partial charge in [-0.25, -0.2) is 17.7 Å². The van der Waals surface area contributed by atoms with Crippen LogP contribution in [0.15, 0.2) is 5.38 Å². The van der Waals surface area contributed by atoms with E-state index in [2.05, 4.69) is 4.98 Å². The predicted octanol–water partition coefficient (Wildman–Crippen LogP) is 2.24. The van der Waals surface area contributed by atoms with Crippen molar-refractivity contribution in [3.8, 4) is 0 Å². The van der Waals surface area contributed by atoms with Crippen molar-refractivity contribution in [1.82, 2.24) is 9.29 Å². The molecule has 0 aromatic carbocycles. The van der Waals surface area contributed by atoms with Crippen LogP contribution in [0.2, 0.25) is 0 Å². The lowest BCUT2D eigenvalue weighted by atomic mass is 10.2.